The van der Waals surface area contributed by atoms with E-state index in [0.717, 1.165) is 53.7 Å². The minimum absolute atomic E-state index is 0.0177. The number of fused-ring (bicyclic) bond motifs is 1. The van der Waals surface area contributed by atoms with Crippen LogP contribution in [0.4, 0.5) is 0 Å². The molecule has 1 aliphatic rings. The van der Waals surface area contributed by atoms with Gasteiger partial charge in [0.05, 0.1) is 12.6 Å². The number of carbonyl (C=O) groups excluding carboxylic acids is 1. The number of pyridine rings is 2. The SMILES string of the molecule is COc1ccc(-c2cncc3ccc(C(=O)N4CCCCC4)nc23)cc1. The zero-order valence-electron chi connectivity index (χ0n) is 14.8. The summed E-state index contributed by atoms with van der Waals surface area (Å²) in [6.07, 6.45) is 6.92. The highest BCUT2D eigenvalue weighted by atomic mass is 16.5. The van der Waals surface area contributed by atoms with Crippen molar-refractivity contribution in [1.29, 1.82) is 0 Å². The van der Waals surface area contributed by atoms with Gasteiger partial charge in [0.25, 0.3) is 5.91 Å². The Morgan fingerprint density at radius 3 is 2.50 bits per heavy atom. The molecule has 132 valence electrons. The normalized spacial score (nSPS) is 14.4. The maximum absolute atomic E-state index is 12.8. The smallest absolute Gasteiger partial charge is 0.272 e. The maximum atomic E-state index is 12.8. The van der Waals surface area contributed by atoms with Gasteiger partial charge in [-0.05, 0) is 49.1 Å². The van der Waals surface area contributed by atoms with Crippen LogP contribution >= 0.6 is 0 Å². The second-order valence-electron chi connectivity index (χ2n) is 6.54. The van der Waals surface area contributed by atoms with Crippen LogP contribution in [-0.2, 0) is 0 Å². The van der Waals surface area contributed by atoms with Crippen LogP contribution in [-0.4, -0.2) is 41.0 Å². The van der Waals surface area contributed by atoms with Crippen molar-refractivity contribution in [2.75, 3.05) is 20.2 Å². The number of nitrogens with zero attached hydrogens (tertiary/aromatic N) is 3. The number of rotatable bonds is 3. The summed E-state index contributed by atoms with van der Waals surface area (Å²) >= 11 is 0. The lowest BCUT2D eigenvalue weighted by Gasteiger charge is -2.26. The van der Waals surface area contributed by atoms with Crippen molar-refractivity contribution in [3.63, 3.8) is 0 Å². The van der Waals surface area contributed by atoms with Crippen molar-refractivity contribution >= 4 is 16.8 Å². The Morgan fingerprint density at radius 2 is 1.77 bits per heavy atom. The molecule has 1 fully saturated rings. The first-order valence-electron chi connectivity index (χ1n) is 8.95. The fraction of sp³-hybridized carbons (Fsp3) is 0.286. The van der Waals surface area contributed by atoms with Crippen molar-refractivity contribution in [3.05, 3.63) is 54.5 Å². The van der Waals surface area contributed by atoms with Gasteiger partial charge in [0.1, 0.15) is 11.4 Å². The molecule has 26 heavy (non-hydrogen) atoms. The highest BCUT2D eigenvalue weighted by Crippen LogP contribution is 2.28. The molecule has 1 amide bonds. The molecule has 0 atom stereocenters. The lowest BCUT2D eigenvalue weighted by atomic mass is 10.0. The van der Waals surface area contributed by atoms with Gasteiger partial charge in [-0.15, -0.1) is 0 Å². The van der Waals surface area contributed by atoms with E-state index in [1.807, 2.05) is 35.2 Å². The summed E-state index contributed by atoms with van der Waals surface area (Å²) in [7, 11) is 1.65. The fourth-order valence-corrected chi connectivity index (χ4v) is 3.40. The molecule has 0 unspecified atom stereocenters. The van der Waals surface area contributed by atoms with Gasteiger partial charge >= 0.3 is 0 Å². The summed E-state index contributed by atoms with van der Waals surface area (Å²) in [6, 6.07) is 11.5. The molecule has 5 heteroatoms. The topological polar surface area (TPSA) is 55.3 Å². The molecule has 0 aliphatic carbocycles. The number of piperidine rings is 1. The van der Waals surface area contributed by atoms with Crippen LogP contribution < -0.4 is 4.74 Å². The minimum atomic E-state index is 0.0177. The summed E-state index contributed by atoms with van der Waals surface area (Å²) in [4.78, 5) is 23.8. The number of hydrogen-bond acceptors (Lipinski definition) is 4. The van der Waals surface area contributed by atoms with Crippen molar-refractivity contribution in [2.45, 2.75) is 19.3 Å². The lowest BCUT2D eigenvalue weighted by Crippen LogP contribution is -2.36. The molecule has 0 radical (unpaired) electrons. The molecule has 1 aliphatic heterocycles. The molecule has 2 aromatic heterocycles. The average Bonchev–Trinajstić information content (AvgIpc) is 2.73. The number of carbonyl (C=O) groups is 1. The van der Waals surface area contributed by atoms with Gasteiger partial charge < -0.3 is 9.64 Å². The predicted molar refractivity (Wildman–Crippen MR) is 101 cm³/mol. The average molecular weight is 347 g/mol. The zero-order valence-corrected chi connectivity index (χ0v) is 14.8. The van der Waals surface area contributed by atoms with Gasteiger partial charge in [-0.25, -0.2) is 4.98 Å². The quantitative estimate of drug-likeness (QED) is 0.720. The monoisotopic (exact) mass is 347 g/mol. The van der Waals surface area contributed by atoms with Crippen LogP contribution in [0, 0.1) is 0 Å². The molecular formula is C21H21N3O2. The van der Waals surface area contributed by atoms with E-state index in [9.17, 15) is 4.79 Å². The second kappa shape index (κ2) is 7.12. The summed E-state index contributed by atoms with van der Waals surface area (Å²) in [5.74, 6) is 0.819. The van der Waals surface area contributed by atoms with Crippen LogP contribution in [0.2, 0.25) is 0 Å². The van der Waals surface area contributed by atoms with Crippen LogP contribution in [0.1, 0.15) is 29.8 Å². The number of methoxy groups -OCH3 is 1. The number of ether oxygens (including phenoxy) is 1. The van der Waals surface area contributed by atoms with Crippen LogP contribution in [0.5, 0.6) is 5.75 Å². The van der Waals surface area contributed by atoms with Crippen molar-refractivity contribution in [2.24, 2.45) is 0 Å². The Morgan fingerprint density at radius 1 is 1.00 bits per heavy atom. The molecular weight excluding hydrogens is 326 g/mol. The molecule has 0 N–H and O–H groups in total. The van der Waals surface area contributed by atoms with E-state index >= 15 is 0 Å². The Bertz CT molecular complexity index is 932. The highest BCUT2D eigenvalue weighted by molar-refractivity contribution is 5.98. The van der Waals surface area contributed by atoms with E-state index < -0.39 is 0 Å². The summed E-state index contributed by atoms with van der Waals surface area (Å²) in [6.45, 7) is 1.64. The third-order valence-corrected chi connectivity index (χ3v) is 4.86. The van der Waals surface area contributed by atoms with Crippen molar-refractivity contribution in [1.82, 2.24) is 14.9 Å². The third-order valence-electron chi connectivity index (χ3n) is 4.86. The highest BCUT2D eigenvalue weighted by Gasteiger charge is 2.20. The van der Waals surface area contributed by atoms with Crippen LogP contribution in [0.15, 0.2) is 48.8 Å². The Hall–Kier alpha value is -2.95. The first-order chi connectivity index (χ1) is 12.8. The van der Waals surface area contributed by atoms with Crippen molar-refractivity contribution in [3.8, 4) is 16.9 Å². The predicted octanol–water partition coefficient (Wildman–Crippen LogP) is 3.93. The van der Waals surface area contributed by atoms with E-state index in [1.54, 1.807) is 25.6 Å². The van der Waals surface area contributed by atoms with Gasteiger partial charge in [-0.3, -0.25) is 9.78 Å². The standard InChI is InChI=1S/C21H21N3O2/c1-26-17-8-5-15(6-9-17)18-14-22-13-16-7-10-19(23-20(16)18)21(25)24-11-3-2-4-12-24/h5-10,13-14H,2-4,11-12H2,1H3. The van der Waals surface area contributed by atoms with E-state index in [-0.39, 0.29) is 5.91 Å². The van der Waals surface area contributed by atoms with Gasteiger partial charge in [-0.2, -0.15) is 0 Å². The number of aromatic nitrogens is 2. The fourth-order valence-electron chi connectivity index (χ4n) is 3.40. The van der Waals surface area contributed by atoms with E-state index in [4.69, 9.17) is 9.72 Å². The second-order valence-corrected chi connectivity index (χ2v) is 6.54. The first-order valence-corrected chi connectivity index (χ1v) is 8.95. The third kappa shape index (κ3) is 3.12. The molecule has 0 spiro atoms. The molecule has 1 aromatic carbocycles. The zero-order chi connectivity index (χ0) is 17.9. The maximum Gasteiger partial charge on any atom is 0.272 e. The van der Waals surface area contributed by atoms with E-state index in [1.165, 1.54) is 6.42 Å². The van der Waals surface area contributed by atoms with Gasteiger partial charge in [-0.1, -0.05) is 12.1 Å². The summed E-state index contributed by atoms with van der Waals surface area (Å²) in [5, 5.41) is 0.925. The first kappa shape index (κ1) is 16.5. The van der Waals surface area contributed by atoms with E-state index in [0.29, 0.717) is 5.69 Å². The van der Waals surface area contributed by atoms with Crippen LogP contribution in [0.25, 0.3) is 22.0 Å². The largest absolute Gasteiger partial charge is 0.497 e. The van der Waals surface area contributed by atoms with Gasteiger partial charge in [0, 0.05) is 36.4 Å². The molecule has 5 nitrogen and oxygen atoms in total. The molecule has 1 saturated heterocycles. The molecule has 4 rings (SSSR count). The summed E-state index contributed by atoms with van der Waals surface area (Å²) < 4.78 is 5.23. The van der Waals surface area contributed by atoms with Crippen LogP contribution in [0.3, 0.4) is 0 Å². The van der Waals surface area contributed by atoms with E-state index in [2.05, 4.69) is 4.98 Å². The van der Waals surface area contributed by atoms with Gasteiger partial charge in [0.15, 0.2) is 0 Å². The Labute approximate surface area is 152 Å². The molecule has 3 heterocycles. The summed E-state index contributed by atoms with van der Waals surface area (Å²) in [5.41, 5.74) is 3.21. The minimum Gasteiger partial charge on any atom is -0.497 e. The number of benzene rings is 1. The Kier molecular flexibility index (Phi) is 4.52. The molecule has 3 aromatic rings. The molecule has 0 bridgehead atoms. The number of hydrogen-bond donors (Lipinski definition) is 0. The molecule has 0 saturated carbocycles. The lowest BCUT2D eigenvalue weighted by molar-refractivity contribution is 0.0719. The van der Waals surface area contributed by atoms with Crippen molar-refractivity contribution < 1.29 is 9.53 Å². The Balaban J connectivity index is 1.75. The number of likely N-dealkylation sites (tertiary alicyclic amines) is 1. The number of amides is 1. The van der Waals surface area contributed by atoms with Gasteiger partial charge in [0.2, 0.25) is 0 Å².